The third-order valence-corrected chi connectivity index (χ3v) is 7.60. The lowest BCUT2D eigenvalue weighted by molar-refractivity contribution is -0.120. The topological polar surface area (TPSA) is 23.6 Å². The molecule has 2 aliphatic heterocycles. The van der Waals surface area contributed by atoms with Crippen LogP contribution in [-0.4, -0.2) is 26.7 Å². The molecule has 4 rings (SSSR count). The molecule has 1 aromatic carbocycles. The number of thiocarbonyl (C=S) groups is 1. The second-order valence-electron chi connectivity index (χ2n) is 6.33. The molecule has 1 aromatic heterocycles. The molecule has 124 valence electrons. The number of carbonyl (C=O) groups is 1. The van der Waals surface area contributed by atoms with Gasteiger partial charge in [-0.2, -0.15) is 0 Å². The van der Waals surface area contributed by atoms with Crippen molar-refractivity contribution >= 4 is 63.6 Å². The molecule has 7 heteroatoms. The summed E-state index contributed by atoms with van der Waals surface area (Å²) in [5.41, 5.74) is 0.773. The van der Waals surface area contributed by atoms with Crippen LogP contribution in [0.3, 0.4) is 0 Å². The molecule has 3 heterocycles. The number of thioether (sulfide) groups is 1. The zero-order chi connectivity index (χ0) is 17.1. The van der Waals surface area contributed by atoms with E-state index < -0.39 is 0 Å². The van der Waals surface area contributed by atoms with Crippen molar-refractivity contribution in [3.8, 4) is 0 Å². The molecule has 2 atom stereocenters. The molecule has 2 fully saturated rings. The van der Waals surface area contributed by atoms with Crippen LogP contribution < -0.4 is 4.90 Å². The predicted molar refractivity (Wildman–Crippen MR) is 106 cm³/mol. The molecule has 0 N–H and O–H groups in total. The normalized spacial score (nSPS) is 25.5. The van der Waals surface area contributed by atoms with Gasteiger partial charge in [-0.15, -0.1) is 23.1 Å². The van der Waals surface area contributed by atoms with E-state index in [2.05, 4.69) is 30.2 Å². The number of benzene rings is 1. The maximum atomic E-state index is 13.2. The van der Waals surface area contributed by atoms with Gasteiger partial charge in [0.05, 0.1) is 5.69 Å². The van der Waals surface area contributed by atoms with Crippen LogP contribution in [0, 0.1) is 0 Å². The molecule has 24 heavy (non-hydrogen) atoms. The Hall–Kier alpha value is -1.08. The number of anilines is 1. The van der Waals surface area contributed by atoms with E-state index in [1.807, 2.05) is 18.2 Å². The zero-order valence-corrected chi connectivity index (χ0v) is 16.3. The minimum absolute atomic E-state index is 0.0406. The lowest BCUT2D eigenvalue weighted by atomic mass is 10.0. The molecule has 2 saturated heterocycles. The summed E-state index contributed by atoms with van der Waals surface area (Å²) in [6.07, 6.45) is 0. The van der Waals surface area contributed by atoms with Crippen molar-refractivity contribution < 1.29 is 4.79 Å². The van der Waals surface area contributed by atoms with Gasteiger partial charge in [0.1, 0.15) is 11.4 Å². The maximum Gasteiger partial charge on any atom is 0.257 e. The van der Waals surface area contributed by atoms with E-state index in [0.29, 0.717) is 10.1 Å². The molecule has 1 amide bonds. The number of amides is 1. The number of halogens is 1. The summed E-state index contributed by atoms with van der Waals surface area (Å²) in [5, 5.41) is 3.36. The predicted octanol–water partition coefficient (Wildman–Crippen LogP) is 4.93. The second-order valence-corrected chi connectivity index (χ2v) is 9.85. The highest BCUT2D eigenvalue weighted by Crippen LogP contribution is 2.56. The van der Waals surface area contributed by atoms with E-state index >= 15 is 0 Å². The summed E-state index contributed by atoms with van der Waals surface area (Å²) in [6.45, 7) is 4.24. The van der Waals surface area contributed by atoms with Crippen molar-refractivity contribution in [1.29, 1.82) is 0 Å². The molecule has 0 bridgehead atoms. The van der Waals surface area contributed by atoms with Crippen LogP contribution in [0.1, 0.15) is 24.1 Å². The number of fused-ring (bicyclic) bond motifs is 1. The van der Waals surface area contributed by atoms with Gasteiger partial charge < -0.3 is 4.90 Å². The molecule has 0 spiro atoms. The minimum Gasteiger partial charge on any atom is -0.318 e. The van der Waals surface area contributed by atoms with Gasteiger partial charge in [0.25, 0.3) is 5.91 Å². The van der Waals surface area contributed by atoms with Crippen molar-refractivity contribution in [1.82, 2.24) is 4.90 Å². The van der Waals surface area contributed by atoms with Crippen molar-refractivity contribution in [2.75, 3.05) is 4.90 Å². The van der Waals surface area contributed by atoms with Crippen molar-refractivity contribution in [3.63, 3.8) is 0 Å². The minimum atomic E-state index is -0.252. The van der Waals surface area contributed by atoms with Gasteiger partial charge >= 0.3 is 0 Å². The maximum absolute atomic E-state index is 13.2. The Morgan fingerprint density at radius 2 is 1.92 bits per heavy atom. The average molecular weight is 395 g/mol. The van der Waals surface area contributed by atoms with Crippen LogP contribution in [-0.2, 0) is 4.79 Å². The Morgan fingerprint density at radius 3 is 2.54 bits per heavy atom. The lowest BCUT2D eigenvalue weighted by Crippen LogP contribution is -2.41. The fourth-order valence-corrected chi connectivity index (χ4v) is 6.35. The SMILES string of the molecule is CC1(C)S[C@H](c2cccs2)N2C(=S)N(c3ccc(Cl)cc3)C(=O)[C@H]21. The molecular formula is C17H15ClN2OS3. The van der Waals surface area contributed by atoms with E-state index in [4.69, 9.17) is 23.8 Å². The highest BCUT2D eigenvalue weighted by Gasteiger charge is 2.59. The summed E-state index contributed by atoms with van der Waals surface area (Å²) >= 11 is 15.2. The molecule has 2 aromatic rings. The van der Waals surface area contributed by atoms with E-state index in [0.717, 1.165) is 5.69 Å². The van der Waals surface area contributed by atoms with Crippen LogP contribution in [0.25, 0.3) is 0 Å². The monoisotopic (exact) mass is 394 g/mol. The zero-order valence-electron chi connectivity index (χ0n) is 13.1. The lowest BCUT2D eigenvalue weighted by Gasteiger charge is -2.24. The standard InChI is InChI=1S/C17H15ClN2OS3/c1-17(2)13-14(21)19(11-7-5-10(18)6-8-11)16(22)20(13)15(24-17)12-4-3-9-23-12/h3-9,13,15H,1-2H3/t13-,15+/m0/s1. The van der Waals surface area contributed by atoms with Crippen LogP contribution in [0.4, 0.5) is 5.69 Å². The number of hydrogen-bond donors (Lipinski definition) is 0. The van der Waals surface area contributed by atoms with Gasteiger partial charge in [-0.3, -0.25) is 9.69 Å². The largest absolute Gasteiger partial charge is 0.318 e. The van der Waals surface area contributed by atoms with Crippen molar-refractivity contribution in [3.05, 3.63) is 51.7 Å². The fourth-order valence-electron chi connectivity index (χ4n) is 3.29. The molecule has 3 nitrogen and oxygen atoms in total. The first-order valence-corrected chi connectivity index (χ1v) is 10.1. The third-order valence-electron chi connectivity index (χ3n) is 4.34. The Bertz CT molecular complexity index is 804. The smallest absolute Gasteiger partial charge is 0.257 e. The molecule has 0 unspecified atom stereocenters. The van der Waals surface area contributed by atoms with E-state index in [1.54, 1.807) is 40.1 Å². The van der Waals surface area contributed by atoms with Gasteiger partial charge in [0.2, 0.25) is 0 Å². The number of hydrogen-bond acceptors (Lipinski definition) is 4. The van der Waals surface area contributed by atoms with E-state index in [9.17, 15) is 4.79 Å². The average Bonchev–Trinajstić information content (AvgIpc) is 3.19. The molecule has 0 radical (unpaired) electrons. The number of rotatable bonds is 2. The van der Waals surface area contributed by atoms with Crippen molar-refractivity contribution in [2.45, 2.75) is 30.0 Å². The summed E-state index contributed by atoms with van der Waals surface area (Å²) < 4.78 is -0.211. The van der Waals surface area contributed by atoms with Gasteiger partial charge in [-0.25, -0.2) is 0 Å². The number of carbonyl (C=O) groups excluding carboxylic acids is 1. The van der Waals surface area contributed by atoms with E-state index in [1.165, 1.54) is 4.88 Å². The van der Waals surface area contributed by atoms with Crippen LogP contribution in [0.2, 0.25) is 5.02 Å². The Labute approximate surface area is 159 Å². The molecule has 0 saturated carbocycles. The quantitative estimate of drug-likeness (QED) is 0.674. The first kappa shape index (κ1) is 16.4. The highest BCUT2D eigenvalue weighted by molar-refractivity contribution is 8.01. The van der Waals surface area contributed by atoms with Crippen molar-refractivity contribution in [2.24, 2.45) is 0 Å². The Kier molecular flexibility index (Phi) is 3.91. The van der Waals surface area contributed by atoms with Gasteiger partial charge in [-0.1, -0.05) is 17.7 Å². The second kappa shape index (κ2) is 5.73. The summed E-state index contributed by atoms with van der Waals surface area (Å²) in [5.74, 6) is 0.0406. The third kappa shape index (κ3) is 2.39. The Morgan fingerprint density at radius 1 is 1.21 bits per heavy atom. The number of nitrogens with zero attached hydrogens (tertiary/aromatic N) is 2. The Balaban J connectivity index is 1.77. The fraction of sp³-hybridized carbons (Fsp3) is 0.294. The summed E-state index contributed by atoms with van der Waals surface area (Å²) in [4.78, 5) is 18.1. The summed E-state index contributed by atoms with van der Waals surface area (Å²) in [6, 6.07) is 11.2. The summed E-state index contributed by atoms with van der Waals surface area (Å²) in [7, 11) is 0. The van der Waals surface area contributed by atoms with Crippen LogP contribution >= 0.6 is 46.9 Å². The first-order chi connectivity index (χ1) is 11.4. The van der Waals surface area contributed by atoms with Gasteiger partial charge in [-0.05, 0) is 61.8 Å². The van der Waals surface area contributed by atoms with Crippen LogP contribution in [0.5, 0.6) is 0 Å². The molecule has 0 aliphatic carbocycles. The van der Waals surface area contributed by atoms with Gasteiger partial charge in [0.15, 0.2) is 5.11 Å². The molecule has 2 aliphatic rings. The number of thiophene rings is 1. The highest BCUT2D eigenvalue weighted by atomic mass is 35.5. The molecular weight excluding hydrogens is 380 g/mol. The van der Waals surface area contributed by atoms with Crippen LogP contribution in [0.15, 0.2) is 41.8 Å². The van der Waals surface area contributed by atoms with Gasteiger partial charge in [0, 0.05) is 14.6 Å². The van der Waals surface area contributed by atoms with E-state index in [-0.39, 0.29) is 22.1 Å². The first-order valence-electron chi connectivity index (χ1n) is 7.53.